The number of aromatic nitrogens is 1. The van der Waals surface area contributed by atoms with E-state index in [9.17, 15) is 0 Å². The van der Waals surface area contributed by atoms with Gasteiger partial charge in [-0.1, -0.05) is 25.8 Å². The molecule has 1 N–H and O–H groups in total. The quantitative estimate of drug-likeness (QED) is 0.816. The van der Waals surface area contributed by atoms with Crippen molar-refractivity contribution in [3.05, 3.63) is 23.9 Å². The van der Waals surface area contributed by atoms with Gasteiger partial charge >= 0.3 is 0 Å². The lowest BCUT2D eigenvalue weighted by Crippen LogP contribution is -2.23. The van der Waals surface area contributed by atoms with Gasteiger partial charge in [0.15, 0.2) is 0 Å². The molecule has 2 nitrogen and oxygen atoms in total. The molecule has 1 heterocycles. The van der Waals surface area contributed by atoms with Crippen LogP contribution in [0.4, 0.5) is 5.82 Å². The van der Waals surface area contributed by atoms with E-state index in [-0.39, 0.29) is 0 Å². The van der Waals surface area contributed by atoms with Crippen molar-refractivity contribution in [3.63, 3.8) is 0 Å². The zero-order valence-electron chi connectivity index (χ0n) is 9.71. The Morgan fingerprint density at radius 2 is 2.13 bits per heavy atom. The van der Waals surface area contributed by atoms with E-state index in [0.29, 0.717) is 5.41 Å². The van der Waals surface area contributed by atoms with Crippen LogP contribution < -0.4 is 5.32 Å². The Bertz CT molecular complexity index is 327. The Kier molecular flexibility index (Phi) is 2.94. The lowest BCUT2D eigenvalue weighted by atomic mass is 9.89. The van der Waals surface area contributed by atoms with Gasteiger partial charge < -0.3 is 5.32 Å². The number of nitrogens with zero attached hydrogens (tertiary/aromatic N) is 1. The second-order valence-electron chi connectivity index (χ2n) is 5.04. The van der Waals surface area contributed by atoms with Crippen molar-refractivity contribution in [2.45, 2.75) is 39.5 Å². The van der Waals surface area contributed by atoms with Gasteiger partial charge in [-0.05, 0) is 36.8 Å². The monoisotopic (exact) mass is 204 g/mol. The van der Waals surface area contributed by atoms with Crippen LogP contribution in [-0.4, -0.2) is 11.5 Å². The highest BCUT2D eigenvalue weighted by Gasteiger charge is 2.28. The van der Waals surface area contributed by atoms with Crippen LogP contribution in [0, 0.1) is 12.3 Å². The molecule has 1 aromatic heterocycles. The van der Waals surface area contributed by atoms with Gasteiger partial charge in [-0.15, -0.1) is 0 Å². The molecule has 1 saturated carbocycles. The fraction of sp³-hybridized carbons (Fsp3) is 0.615. The number of hydrogen-bond donors (Lipinski definition) is 1. The minimum absolute atomic E-state index is 0.490. The normalized spacial score (nSPS) is 19.1. The summed E-state index contributed by atoms with van der Waals surface area (Å²) < 4.78 is 0. The van der Waals surface area contributed by atoms with E-state index in [4.69, 9.17) is 0 Å². The molecule has 82 valence electrons. The van der Waals surface area contributed by atoms with E-state index >= 15 is 0 Å². The van der Waals surface area contributed by atoms with Gasteiger partial charge in [-0.3, -0.25) is 0 Å². The van der Waals surface area contributed by atoms with Crippen molar-refractivity contribution in [2.75, 3.05) is 11.9 Å². The van der Waals surface area contributed by atoms with Crippen LogP contribution in [0.1, 0.15) is 38.2 Å². The van der Waals surface area contributed by atoms with Gasteiger partial charge in [0.25, 0.3) is 0 Å². The van der Waals surface area contributed by atoms with E-state index < -0.39 is 0 Å². The Balaban J connectivity index is 1.95. The smallest absolute Gasteiger partial charge is 0.128 e. The number of nitrogens with one attached hydrogen (secondary N) is 1. The second-order valence-corrected chi connectivity index (χ2v) is 5.04. The summed E-state index contributed by atoms with van der Waals surface area (Å²) in [6.45, 7) is 5.54. The van der Waals surface area contributed by atoms with Crippen LogP contribution in [0.25, 0.3) is 0 Å². The first-order valence-electron chi connectivity index (χ1n) is 5.85. The lowest BCUT2D eigenvalue weighted by molar-refractivity contribution is 0.361. The van der Waals surface area contributed by atoms with E-state index in [1.54, 1.807) is 0 Å². The molecular formula is C13H20N2. The average Bonchev–Trinajstić information content (AvgIpc) is 2.65. The molecule has 0 radical (unpaired) electrons. The van der Waals surface area contributed by atoms with E-state index in [1.165, 1.54) is 31.2 Å². The highest BCUT2D eigenvalue weighted by Crippen LogP contribution is 2.37. The summed E-state index contributed by atoms with van der Waals surface area (Å²) in [6, 6.07) is 4.09. The molecule has 0 spiro atoms. The first-order valence-corrected chi connectivity index (χ1v) is 5.85. The predicted octanol–water partition coefficient (Wildman–Crippen LogP) is 3.38. The Morgan fingerprint density at radius 1 is 1.40 bits per heavy atom. The molecule has 0 aromatic carbocycles. The second kappa shape index (κ2) is 4.21. The van der Waals surface area contributed by atoms with Crippen LogP contribution >= 0.6 is 0 Å². The van der Waals surface area contributed by atoms with Gasteiger partial charge in [0.1, 0.15) is 5.82 Å². The summed E-state index contributed by atoms with van der Waals surface area (Å²) in [5.41, 5.74) is 1.73. The number of hydrogen-bond acceptors (Lipinski definition) is 2. The van der Waals surface area contributed by atoms with Gasteiger partial charge in [0.05, 0.1) is 0 Å². The zero-order valence-corrected chi connectivity index (χ0v) is 9.71. The summed E-state index contributed by atoms with van der Waals surface area (Å²) in [7, 11) is 0. The van der Waals surface area contributed by atoms with Crippen molar-refractivity contribution in [3.8, 4) is 0 Å². The van der Waals surface area contributed by atoms with Crippen LogP contribution in [0.2, 0.25) is 0 Å². The molecule has 0 saturated heterocycles. The molecule has 15 heavy (non-hydrogen) atoms. The minimum atomic E-state index is 0.490. The average molecular weight is 204 g/mol. The molecule has 2 heteroatoms. The lowest BCUT2D eigenvalue weighted by Gasteiger charge is -2.24. The first-order chi connectivity index (χ1) is 7.20. The zero-order chi connectivity index (χ0) is 10.7. The van der Waals surface area contributed by atoms with Crippen LogP contribution in [-0.2, 0) is 0 Å². The van der Waals surface area contributed by atoms with Crippen molar-refractivity contribution in [2.24, 2.45) is 5.41 Å². The number of rotatable bonds is 3. The van der Waals surface area contributed by atoms with Crippen molar-refractivity contribution < 1.29 is 0 Å². The minimum Gasteiger partial charge on any atom is -0.369 e. The summed E-state index contributed by atoms with van der Waals surface area (Å²) in [5.74, 6) is 1.05. The molecule has 0 unspecified atom stereocenters. The van der Waals surface area contributed by atoms with E-state index in [2.05, 4.69) is 30.2 Å². The SMILES string of the molecule is Cc1cccnc1NCC1(C)CCCC1. The Labute approximate surface area is 92.1 Å². The summed E-state index contributed by atoms with van der Waals surface area (Å²) in [6.07, 6.45) is 7.34. The third kappa shape index (κ3) is 2.49. The highest BCUT2D eigenvalue weighted by atomic mass is 15.0. The predicted molar refractivity (Wildman–Crippen MR) is 64.0 cm³/mol. The fourth-order valence-electron chi connectivity index (χ4n) is 2.37. The third-order valence-corrected chi connectivity index (χ3v) is 3.50. The van der Waals surface area contributed by atoms with Crippen LogP contribution in [0.3, 0.4) is 0 Å². The number of aryl methyl sites for hydroxylation is 1. The largest absolute Gasteiger partial charge is 0.369 e. The summed E-state index contributed by atoms with van der Waals surface area (Å²) in [4.78, 5) is 4.36. The standard InChI is InChI=1S/C13H20N2/c1-11-6-5-9-14-12(11)15-10-13(2)7-3-4-8-13/h5-6,9H,3-4,7-8,10H2,1-2H3,(H,14,15). The van der Waals surface area contributed by atoms with Crippen molar-refractivity contribution in [1.29, 1.82) is 0 Å². The Hall–Kier alpha value is -1.05. The molecule has 0 amide bonds. The summed E-state index contributed by atoms with van der Waals surface area (Å²) >= 11 is 0. The van der Waals surface area contributed by atoms with Crippen LogP contribution in [0.5, 0.6) is 0 Å². The van der Waals surface area contributed by atoms with E-state index in [0.717, 1.165) is 12.4 Å². The van der Waals surface area contributed by atoms with Crippen molar-refractivity contribution in [1.82, 2.24) is 4.98 Å². The number of anilines is 1. The number of pyridine rings is 1. The first kappa shape index (κ1) is 10.5. The fourth-order valence-corrected chi connectivity index (χ4v) is 2.37. The molecule has 1 fully saturated rings. The highest BCUT2D eigenvalue weighted by molar-refractivity contribution is 5.42. The molecule has 1 aliphatic rings. The van der Waals surface area contributed by atoms with Gasteiger partial charge in [-0.2, -0.15) is 0 Å². The maximum atomic E-state index is 4.36. The summed E-state index contributed by atoms with van der Waals surface area (Å²) in [5, 5.41) is 3.48. The molecule has 1 aromatic rings. The third-order valence-electron chi connectivity index (χ3n) is 3.50. The van der Waals surface area contributed by atoms with Gasteiger partial charge in [0.2, 0.25) is 0 Å². The molecular weight excluding hydrogens is 184 g/mol. The topological polar surface area (TPSA) is 24.9 Å². The van der Waals surface area contributed by atoms with E-state index in [1.807, 2.05) is 12.3 Å². The molecule has 0 aliphatic heterocycles. The molecule has 2 rings (SSSR count). The van der Waals surface area contributed by atoms with Crippen LogP contribution in [0.15, 0.2) is 18.3 Å². The maximum absolute atomic E-state index is 4.36. The maximum Gasteiger partial charge on any atom is 0.128 e. The Morgan fingerprint density at radius 3 is 2.80 bits per heavy atom. The van der Waals surface area contributed by atoms with Gasteiger partial charge in [-0.25, -0.2) is 4.98 Å². The molecule has 1 aliphatic carbocycles. The molecule has 0 atom stereocenters. The molecule has 0 bridgehead atoms. The van der Waals surface area contributed by atoms with Gasteiger partial charge in [0, 0.05) is 12.7 Å². The van der Waals surface area contributed by atoms with Crippen molar-refractivity contribution >= 4 is 5.82 Å².